The Morgan fingerprint density at radius 2 is 1.61 bits per heavy atom. The maximum Gasteiger partial charge on any atom is 0.306 e. The summed E-state index contributed by atoms with van der Waals surface area (Å²) in [5.74, 6) is 1.71. The average molecular weight is 666 g/mol. The fourth-order valence-electron chi connectivity index (χ4n) is 9.75. The van der Waals surface area contributed by atoms with E-state index in [-0.39, 0.29) is 24.1 Å². The lowest BCUT2D eigenvalue weighted by molar-refractivity contribution is -0.143. The summed E-state index contributed by atoms with van der Waals surface area (Å²) in [6.45, 7) is 3.12. The summed E-state index contributed by atoms with van der Waals surface area (Å²) < 4.78 is 0. The molecule has 2 aliphatic heterocycles. The van der Waals surface area contributed by atoms with Crippen LogP contribution in [0.5, 0.6) is 0 Å². The zero-order valence-corrected chi connectivity index (χ0v) is 29.4. The number of anilines is 2. The summed E-state index contributed by atoms with van der Waals surface area (Å²) in [6, 6.07) is 22.9. The van der Waals surface area contributed by atoms with Crippen LogP contribution in [0.3, 0.4) is 0 Å². The SMILES string of the molecule is CC[C@H](C1CCC(C(=O)O)CC1)N(C)c1nc2c(c(N[C@@H](CN3[C@@H]4CCC[C@H]3CC(O)C4)c3ccccc3)n1)C[C@H](c1ccccc1)CC2. The predicted octanol–water partition coefficient (Wildman–Crippen LogP) is 7.39. The molecule has 2 aromatic carbocycles. The van der Waals surface area contributed by atoms with Crippen LogP contribution in [0.15, 0.2) is 60.7 Å². The second-order valence-electron chi connectivity index (χ2n) is 15.4. The number of aliphatic carboxylic acids is 1. The van der Waals surface area contributed by atoms with Crippen LogP contribution in [0.1, 0.15) is 112 Å². The third kappa shape index (κ3) is 7.51. The van der Waals surface area contributed by atoms with Gasteiger partial charge in [0, 0.05) is 37.3 Å². The molecule has 49 heavy (non-hydrogen) atoms. The van der Waals surface area contributed by atoms with Crippen molar-refractivity contribution in [2.45, 2.75) is 127 Å². The summed E-state index contributed by atoms with van der Waals surface area (Å²) in [7, 11) is 2.15. The first-order valence-electron chi connectivity index (χ1n) is 19.0. The number of carboxylic acid groups (broad SMARTS) is 1. The molecule has 2 saturated heterocycles. The minimum absolute atomic E-state index is 0.0436. The molecule has 2 aliphatic carbocycles. The number of aliphatic hydroxyl groups is 1. The number of carbonyl (C=O) groups is 1. The van der Waals surface area contributed by atoms with E-state index in [9.17, 15) is 15.0 Å². The molecule has 4 aliphatic rings. The van der Waals surface area contributed by atoms with Crippen LogP contribution >= 0.6 is 0 Å². The van der Waals surface area contributed by atoms with Crippen LogP contribution in [0, 0.1) is 11.8 Å². The van der Waals surface area contributed by atoms with Gasteiger partial charge < -0.3 is 20.4 Å². The van der Waals surface area contributed by atoms with Crippen molar-refractivity contribution in [2.75, 3.05) is 23.8 Å². The highest BCUT2D eigenvalue weighted by Crippen LogP contribution is 2.40. The fraction of sp³-hybridized carbons (Fsp3) is 0.585. The van der Waals surface area contributed by atoms with Gasteiger partial charge in [-0.25, -0.2) is 4.98 Å². The van der Waals surface area contributed by atoms with Crippen LogP contribution < -0.4 is 10.2 Å². The van der Waals surface area contributed by atoms with Crippen molar-refractivity contribution in [3.8, 4) is 0 Å². The number of hydrogen-bond donors (Lipinski definition) is 3. The predicted molar refractivity (Wildman–Crippen MR) is 195 cm³/mol. The Hall–Kier alpha value is -3.49. The van der Waals surface area contributed by atoms with E-state index in [0.29, 0.717) is 23.9 Å². The van der Waals surface area contributed by atoms with Gasteiger partial charge in [0.05, 0.1) is 23.8 Å². The summed E-state index contributed by atoms with van der Waals surface area (Å²) in [6.07, 6.45) is 12.3. The molecule has 0 spiro atoms. The molecule has 2 bridgehead atoms. The van der Waals surface area contributed by atoms with Crippen molar-refractivity contribution in [3.05, 3.63) is 83.0 Å². The molecule has 3 aromatic rings. The summed E-state index contributed by atoms with van der Waals surface area (Å²) in [5.41, 5.74) is 5.02. The lowest BCUT2D eigenvalue weighted by atomic mass is 9.77. The highest BCUT2D eigenvalue weighted by molar-refractivity contribution is 5.70. The van der Waals surface area contributed by atoms with Crippen molar-refractivity contribution in [3.63, 3.8) is 0 Å². The molecule has 3 fully saturated rings. The second kappa shape index (κ2) is 15.2. The molecule has 3 N–H and O–H groups in total. The molecule has 262 valence electrons. The Balaban J connectivity index is 1.22. The number of nitrogens with zero attached hydrogens (tertiary/aromatic N) is 4. The van der Waals surface area contributed by atoms with E-state index < -0.39 is 5.97 Å². The highest BCUT2D eigenvalue weighted by atomic mass is 16.4. The largest absolute Gasteiger partial charge is 0.481 e. The smallest absolute Gasteiger partial charge is 0.306 e. The van der Waals surface area contributed by atoms with E-state index in [0.717, 1.165) is 101 Å². The van der Waals surface area contributed by atoms with Gasteiger partial charge in [0.15, 0.2) is 0 Å². The lowest BCUT2D eigenvalue weighted by Gasteiger charge is -2.49. The molecule has 7 rings (SSSR count). The van der Waals surface area contributed by atoms with Crippen molar-refractivity contribution in [1.82, 2.24) is 14.9 Å². The van der Waals surface area contributed by atoms with Gasteiger partial charge in [-0.2, -0.15) is 4.98 Å². The Morgan fingerprint density at radius 3 is 2.27 bits per heavy atom. The molecule has 6 atom stereocenters. The first-order chi connectivity index (χ1) is 23.9. The number of hydrogen-bond acceptors (Lipinski definition) is 7. The maximum atomic E-state index is 11.7. The van der Waals surface area contributed by atoms with Gasteiger partial charge in [0.25, 0.3) is 0 Å². The summed E-state index contributed by atoms with van der Waals surface area (Å²) >= 11 is 0. The fourth-order valence-corrected chi connectivity index (χ4v) is 9.75. The highest BCUT2D eigenvalue weighted by Gasteiger charge is 2.39. The number of rotatable bonds is 11. The van der Waals surface area contributed by atoms with Gasteiger partial charge in [-0.05, 0) is 100 Å². The number of aromatic nitrogens is 2. The van der Waals surface area contributed by atoms with E-state index in [4.69, 9.17) is 9.97 Å². The molecule has 8 nitrogen and oxygen atoms in total. The monoisotopic (exact) mass is 665 g/mol. The van der Waals surface area contributed by atoms with Gasteiger partial charge in [-0.1, -0.05) is 74.0 Å². The minimum Gasteiger partial charge on any atom is -0.481 e. The van der Waals surface area contributed by atoms with Crippen LogP contribution in [0.2, 0.25) is 0 Å². The molecule has 0 radical (unpaired) electrons. The van der Waals surface area contributed by atoms with Gasteiger partial charge >= 0.3 is 5.97 Å². The molecule has 1 aromatic heterocycles. The molecule has 1 unspecified atom stereocenters. The van der Waals surface area contributed by atoms with Gasteiger partial charge in [0.1, 0.15) is 5.82 Å². The minimum atomic E-state index is -0.653. The zero-order valence-electron chi connectivity index (χ0n) is 29.4. The maximum absolute atomic E-state index is 11.7. The number of piperidine rings is 2. The Bertz CT molecular complexity index is 1530. The van der Waals surface area contributed by atoms with E-state index in [1.54, 1.807) is 0 Å². The van der Waals surface area contributed by atoms with E-state index in [1.807, 2.05) is 0 Å². The molecular weight excluding hydrogens is 610 g/mol. The van der Waals surface area contributed by atoms with Crippen LogP contribution in [-0.4, -0.2) is 68.9 Å². The van der Waals surface area contributed by atoms with E-state index >= 15 is 0 Å². The number of nitrogens with one attached hydrogen (secondary N) is 1. The number of aryl methyl sites for hydroxylation is 1. The summed E-state index contributed by atoms with van der Waals surface area (Å²) in [4.78, 5) is 27.4. The number of benzene rings is 2. The van der Waals surface area contributed by atoms with E-state index in [1.165, 1.54) is 23.1 Å². The van der Waals surface area contributed by atoms with Crippen molar-refractivity contribution < 1.29 is 15.0 Å². The average Bonchev–Trinajstić information content (AvgIpc) is 3.12. The standard InChI is InChI=1S/C41H55N5O3/c1-3-38(29-17-19-30(20-18-29)40(48)49)45(2)41-43-36-22-21-31(27-11-6-4-7-12-27)23-35(36)39(44-41)42-37(28-13-8-5-9-14-28)26-46-32-15-10-16-33(46)25-34(47)24-32/h4-9,11-14,29-34,37-38,47H,3,10,15-26H2,1-2H3,(H,48,49)(H,42,43,44)/t29?,30?,31-,32-,33+,34?,37+,38-/m1/s1. The van der Waals surface area contributed by atoms with Crippen LogP contribution in [-0.2, 0) is 17.6 Å². The van der Waals surface area contributed by atoms with Crippen LogP contribution in [0.4, 0.5) is 11.8 Å². The Morgan fingerprint density at radius 1 is 0.939 bits per heavy atom. The Kier molecular flexibility index (Phi) is 10.5. The summed E-state index contributed by atoms with van der Waals surface area (Å²) in [5, 5.41) is 24.3. The molecule has 1 saturated carbocycles. The third-order valence-corrected chi connectivity index (χ3v) is 12.4. The van der Waals surface area contributed by atoms with Gasteiger partial charge in [0.2, 0.25) is 5.95 Å². The molecular formula is C41H55N5O3. The number of carboxylic acids is 1. The van der Waals surface area contributed by atoms with Crippen molar-refractivity contribution in [2.24, 2.45) is 11.8 Å². The lowest BCUT2D eigenvalue weighted by Crippen LogP contribution is -2.55. The van der Waals surface area contributed by atoms with Crippen LogP contribution in [0.25, 0.3) is 0 Å². The number of fused-ring (bicyclic) bond motifs is 3. The van der Waals surface area contributed by atoms with Gasteiger partial charge in [-0.15, -0.1) is 0 Å². The topological polar surface area (TPSA) is 102 Å². The first-order valence-corrected chi connectivity index (χ1v) is 19.0. The number of aliphatic hydroxyl groups excluding tert-OH is 1. The first kappa shape index (κ1) is 34.0. The second-order valence-corrected chi connectivity index (χ2v) is 15.4. The zero-order chi connectivity index (χ0) is 33.9. The normalized spacial score (nSPS) is 28.2. The molecule has 8 heteroatoms. The quantitative estimate of drug-likeness (QED) is 0.195. The third-order valence-electron chi connectivity index (χ3n) is 12.4. The van der Waals surface area contributed by atoms with Crippen molar-refractivity contribution >= 4 is 17.7 Å². The van der Waals surface area contributed by atoms with Crippen molar-refractivity contribution in [1.29, 1.82) is 0 Å². The molecule has 0 amide bonds. The van der Waals surface area contributed by atoms with Gasteiger partial charge in [-0.3, -0.25) is 9.69 Å². The van der Waals surface area contributed by atoms with E-state index in [2.05, 4.69) is 89.8 Å². The Labute approximate surface area is 292 Å². The molecule has 3 heterocycles.